The molecule has 8 heterocycles. The van der Waals surface area contributed by atoms with Gasteiger partial charge in [0.1, 0.15) is 22.3 Å². The maximum Gasteiger partial charge on any atom is 0.295 e. The number of aryl methyl sites for hydroxylation is 1. The Labute approximate surface area is 430 Å². The molecule has 6 aliphatic rings. The summed E-state index contributed by atoms with van der Waals surface area (Å²) in [5, 5.41) is 35.9. The average Bonchev–Trinajstić information content (AvgIpc) is 4.30. The highest BCUT2D eigenvalue weighted by atomic mass is 35.5. The first kappa shape index (κ1) is 48.6. The smallest absolute Gasteiger partial charge is 0.295 e. The van der Waals surface area contributed by atoms with Gasteiger partial charge in [-0.3, -0.25) is 9.59 Å². The molecule has 18 nitrogen and oxygen atoms in total. The number of piperidine rings is 2. The van der Waals surface area contributed by atoms with Crippen LogP contribution in [0.5, 0.6) is 11.5 Å². The molecule has 390 valence electrons. The van der Waals surface area contributed by atoms with Crippen LogP contribution in [0.2, 0.25) is 10.0 Å². The first-order valence-electron chi connectivity index (χ1n) is 24.9. The number of anilines is 8. The summed E-state index contributed by atoms with van der Waals surface area (Å²) >= 11 is 13.2. The summed E-state index contributed by atoms with van der Waals surface area (Å²) in [6, 6.07) is 11.0. The minimum Gasteiger partial charge on any atom is -0.486 e. The fraction of sp³-hybridized carbons (Fsp3) is 0.480. The van der Waals surface area contributed by atoms with Gasteiger partial charge in [0.2, 0.25) is 23.4 Å². The number of nitrogens with one attached hydrogen (secondary N) is 4. The molecule has 12 rings (SSSR count). The monoisotopic (exact) mass is 1060 g/mol. The average molecular weight is 1060 g/mol. The number of hydrogen-bond acceptors (Lipinski definition) is 16. The van der Waals surface area contributed by atoms with Gasteiger partial charge in [-0.2, -0.15) is 9.97 Å². The van der Waals surface area contributed by atoms with Gasteiger partial charge < -0.3 is 59.9 Å². The number of β-amino-alcohol motifs (C(OH)–C–C–N with tert-alkyl or cyclic N) is 2. The standard InChI is InChI=1S/C50H52Cl2F4N12O6/c1-65-35-6-4-26(59-43-31(51)19-57-47(63-43)66-12-10-49(53,54)37(69)22-66)17-29(35)39-41(45(65)71)73-15-9-34(62-39)28-16-25(28)21-68-36-7-5-27(18-30(36)40-42(46(68)72)74-14-8-33(61-40)24-2-3-24)60-44-32(52)20-58-48(64-44)67-13-11-50(55,56)38(70)23-67/h4-7,17-20,24-25,28,33-34,37-38,61-62,69-70H,2-3,8-16,21-23H2,1H3,(H,57,59,63)(H,58,60,64)/t25?,28?,33-,34-,37+,38-/m1/s1. The lowest BCUT2D eigenvalue weighted by Gasteiger charge is -2.35. The molecule has 0 amide bonds. The van der Waals surface area contributed by atoms with Crippen molar-refractivity contribution >= 4 is 91.3 Å². The Morgan fingerprint density at radius 1 is 0.730 bits per heavy atom. The van der Waals surface area contributed by atoms with Gasteiger partial charge in [-0.1, -0.05) is 23.2 Å². The Morgan fingerprint density at radius 2 is 1.24 bits per heavy atom. The van der Waals surface area contributed by atoms with E-state index in [4.69, 9.17) is 32.7 Å². The minimum atomic E-state index is -3.21. The van der Waals surface area contributed by atoms with Gasteiger partial charge in [0, 0.05) is 86.6 Å². The molecular formula is C50H52Cl2F4N12O6. The fourth-order valence-corrected chi connectivity index (χ4v) is 11.2. The number of rotatable bonds is 10. The van der Waals surface area contributed by atoms with Crippen molar-refractivity contribution in [2.75, 3.05) is 70.5 Å². The molecule has 6 N–H and O–H groups in total. The molecule has 0 bridgehead atoms. The number of hydrogen-bond donors (Lipinski definition) is 6. The van der Waals surface area contributed by atoms with Crippen molar-refractivity contribution in [2.45, 2.75) is 87.6 Å². The van der Waals surface area contributed by atoms with Crippen LogP contribution >= 0.6 is 23.2 Å². The third kappa shape index (κ3) is 8.99. The van der Waals surface area contributed by atoms with E-state index in [1.54, 1.807) is 23.7 Å². The van der Waals surface area contributed by atoms with Crippen LogP contribution in [0.25, 0.3) is 21.8 Å². The third-order valence-corrected chi connectivity index (χ3v) is 16.0. The van der Waals surface area contributed by atoms with Crippen molar-refractivity contribution in [3.8, 4) is 11.5 Å². The van der Waals surface area contributed by atoms with Crippen LogP contribution in [0.1, 0.15) is 44.9 Å². The lowest BCUT2D eigenvalue weighted by atomic mass is 10.0. The second kappa shape index (κ2) is 18.5. The Hall–Kier alpha value is -6.36. The molecule has 2 aromatic carbocycles. The zero-order valence-corrected chi connectivity index (χ0v) is 41.4. The van der Waals surface area contributed by atoms with Crippen molar-refractivity contribution in [2.24, 2.45) is 24.8 Å². The van der Waals surface area contributed by atoms with Gasteiger partial charge in [-0.05, 0) is 73.4 Å². The molecule has 2 saturated carbocycles. The molecule has 2 aliphatic carbocycles. The van der Waals surface area contributed by atoms with Gasteiger partial charge in [-0.25, -0.2) is 27.5 Å². The van der Waals surface area contributed by atoms with Crippen LogP contribution in [0, 0.1) is 17.8 Å². The number of pyridine rings is 2. The fourth-order valence-electron chi connectivity index (χ4n) is 10.9. The van der Waals surface area contributed by atoms with E-state index in [1.807, 2.05) is 24.3 Å². The summed E-state index contributed by atoms with van der Waals surface area (Å²) in [5.41, 5.74) is 3.07. The summed E-state index contributed by atoms with van der Waals surface area (Å²) in [6.45, 7) is 0.230. The Bertz CT molecular complexity index is 3350. The number of aliphatic hydroxyl groups excluding tert-OH is 2. The molecule has 6 aromatic rings. The van der Waals surface area contributed by atoms with E-state index in [0.29, 0.717) is 64.7 Å². The molecule has 0 radical (unpaired) electrons. The largest absolute Gasteiger partial charge is 0.486 e. The molecular weight excluding hydrogens is 1010 g/mol. The normalized spacial score (nSPS) is 25.1. The number of nitrogens with zero attached hydrogens (tertiary/aromatic N) is 8. The molecule has 2 saturated heterocycles. The summed E-state index contributed by atoms with van der Waals surface area (Å²) in [4.78, 5) is 49.1. The van der Waals surface area contributed by atoms with Crippen molar-refractivity contribution in [1.29, 1.82) is 0 Å². The Kier molecular flexibility index (Phi) is 12.1. The quantitative estimate of drug-likeness (QED) is 0.0734. The van der Waals surface area contributed by atoms with Crippen LogP contribution in [0.4, 0.5) is 63.8 Å². The number of halogens is 6. The van der Waals surface area contributed by atoms with Gasteiger partial charge in [0.05, 0.1) is 61.1 Å². The number of alkyl halides is 4. The van der Waals surface area contributed by atoms with Crippen molar-refractivity contribution in [3.63, 3.8) is 0 Å². The first-order valence-corrected chi connectivity index (χ1v) is 25.6. The van der Waals surface area contributed by atoms with E-state index in [1.165, 1.54) is 26.8 Å². The summed E-state index contributed by atoms with van der Waals surface area (Å²) in [5.74, 6) is -4.64. The van der Waals surface area contributed by atoms with Crippen molar-refractivity contribution < 1.29 is 37.2 Å². The lowest BCUT2D eigenvalue weighted by Crippen LogP contribution is -2.51. The van der Waals surface area contributed by atoms with Crippen LogP contribution in [-0.2, 0) is 13.6 Å². The number of aromatic nitrogens is 6. The van der Waals surface area contributed by atoms with E-state index in [2.05, 4.69) is 41.2 Å². The van der Waals surface area contributed by atoms with Gasteiger partial charge >= 0.3 is 0 Å². The maximum absolute atomic E-state index is 14.7. The molecule has 4 aromatic heterocycles. The number of fused-ring (bicyclic) bond motifs is 6. The molecule has 0 spiro atoms. The second-order valence-corrected chi connectivity index (χ2v) is 21.2. The molecule has 24 heteroatoms. The van der Waals surface area contributed by atoms with Crippen LogP contribution in [0.3, 0.4) is 0 Å². The zero-order chi connectivity index (χ0) is 51.4. The molecule has 6 atom stereocenters. The number of aliphatic hydroxyl groups is 2. The highest BCUT2D eigenvalue weighted by molar-refractivity contribution is 6.33. The highest BCUT2D eigenvalue weighted by Gasteiger charge is 2.47. The van der Waals surface area contributed by atoms with E-state index in [0.717, 1.165) is 31.1 Å². The zero-order valence-electron chi connectivity index (χ0n) is 39.9. The van der Waals surface area contributed by atoms with Crippen molar-refractivity contribution in [3.05, 3.63) is 79.5 Å². The third-order valence-electron chi connectivity index (χ3n) is 15.4. The molecule has 2 unspecified atom stereocenters. The Balaban J connectivity index is 0.823. The first-order chi connectivity index (χ1) is 35.5. The highest BCUT2D eigenvalue weighted by Crippen LogP contribution is 2.48. The number of benzene rings is 2. The second-order valence-electron chi connectivity index (χ2n) is 20.4. The van der Waals surface area contributed by atoms with Crippen molar-refractivity contribution in [1.82, 2.24) is 29.1 Å². The predicted molar refractivity (Wildman–Crippen MR) is 273 cm³/mol. The van der Waals surface area contributed by atoms with E-state index in [-0.39, 0.29) is 113 Å². The maximum atomic E-state index is 14.7. The molecule has 4 fully saturated rings. The minimum absolute atomic E-state index is 0.0532. The van der Waals surface area contributed by atoms with E-state index < -0.39 is 36.9 Å². The molecule has 74 heavy (non-hydrogen) atoms. The summed E-state index contributed by atoms with van der Waals surface area (Å²) in [7, 11) is 1.68. The van der Waals surface area contributed by atoms with Gasteiger partial charge in [0.25, 0.3) is 23.0 Å². The van der Waals surface area contributed by atoms with E-state index >= 15 is 0 Å². The van der Waals surface area contributed by atoms with Crippen LogP contribution in [0.15, 0.2) is 58.4 Å². The predicted octanol–water partition coefficient (Wildman–Crippen LogP) is 7.51. The Morgan fingerprint density at radius 3 is 1.80 bits per heavy atom. The van der Waals surface area contributed by atoms with Gasteiger partial charge in [0.15, 0.2) is 11.6 Å². The number of ether oxygens (including phenoxy) is 2. The molecule has 4 aliphatic heterocycles. The SMILES string of the molecule is Cn1c(=O)c2c(c3cc(Nc4nc(N5CCC(F)(F)[C@@H](O)C5)ncc4Cl)ccc31)N[C@@H](C1CC1Cn1c(=O)c3c(c4cc(Nc5nc(N6CCC(F)(F)[C@H](O)C6)ncc5Cl)ccc41)N[C@@H](C1CC1)CCO3)CCO2. The summed E-state index contributed by atoms with van der Waals surface area (Å²) < 4.78 is 72.3. The van der Waals surface area contributed by atoms with E-state index in [9.17, 15) is 37.4 Å². The van der Waals surface area contributed by atoms with Crippen LogP contribution < -0.4 is 51.7 Å². The van der Waals surface area contributed by atoms with Crippen LogP contribution in [-0.4, -0.2) is 115 Å². The topological polar surface area (TPSA) is 209 Å². The summed E-state index contributed by atoms with van der Waals surface area (Å²) in [6.07, 6.45) is 2.19. The van der Waals surface area contributed by atoms with Gasteiger partial charge in [-0.15, -0.1) is 0 Å². The lowest BCUT2D eigenvalue weighted by molar-refractivity contribution is -0.118.